The van der Waals surface area contributed by atoms with Gasteiger partial charge in [0.05, 0.1) is 16.6 Å². The maximum Gasteiger partial charge on any atom is 0.224 e. The third kappa shape index (κ3) is 3.16. The van der Waals surface area contributed by atoms with Gasteiger partial charge in [0.2, 0.25) is 5.91 Å². The van der Waals surface area contributed by atoms with Crippen LogP contribution >= 0.6 is 0 Å². The molecule has 1 aromatic carbocycles. The lowest BCUT2D eigenvalue weighted by atomic mass is 9.84. The third-order valence-electron chi connectivity index (χ3n) is 5.22. The van der Waals surface area contributed by atoms with Crippen LogP contribution in [0.1, 0.15) is 32.5 Å². The second kappa shape index (κ2) is 6.53. The summed E-state index contributed by atoms with van der Waals surface area (Å²) in [7, 11) is 0. The lowest BCUT2D eigenvalue weighted by Crippen LogP contribution is -2.51. The monoisotopic (exact) mass is 331 g/mol. The van der Waals surface area contributed by atoms with Crippen molar-refractivity contribution >= 4 is 16.9 Å². The van der Waals surface area contributed by atoms with E-state index in [9.17, 15) is 15.0 Å². The molecule has 24 heavy (non-hydrogen) atoms. The number of carbonyl (C=O) groups excluding carboxylic acids is 1. The lowest BCUT2D eigenvalue weighted by Gasteiger charge is -2.41. The van der Waals surface area contributed by atoms with Gasteiger partial charge < -0.3 is 19.7 Å². The van der Waals surface area contributed by atoms with Gasteiger partial charge in [-0.05, 0) is 25.5 Å². The van der Waals surface area contributed by atoms with Gasteiger partial charge in [-0.2, -0.15) is 0 Å². The lowest BCUT2D eigenvalue weighted by molar-refractivity contribution is -0.138. The summed E-state index contributed by atoms with van der Waals surface area (Å²) >= 11 is 0. The molecule has 1 amide bonds. The summed E-state index contributed by atoms with van der Waals surface area (Å²) in [6.45, 7) is 5.34. The van der Waals surface area contributed by atoms with E-state index in [1.54, 1.807) is 0 Å². The number of hydrogen-bond acceptors (Lipinski definition) is 4. The molecule has 6 heteroatoms. The topological polar surface area (TPSA) is 78.6 Å². The van der Waals surface area contributed by atoms with E-state index in [4.69, 9.17) is 0 Å². The Kier molecular flexibility index (Phi) is 4.60. The van der Waals surface area contributed by atoms with E-state index in [1.165, 1.54) is 0 Å². The number of hydrogen-bond donors (Lipinski definition) is 2. The molecule has 3 rings (SSSR count). The second-order valence-electron chi connectivity index (χ2n) is 6.92. The molecular formula is C18H25N3O3. The number of rotatable bonds is 4. The molecule has 2 N–H and O–H groups in total. The van der Waals surface area contributed by atoms with Crippen molar-refractivity contribution in [1.82, 2.24) is 14.5 Å². The van der Waals surface area contributed by atoms with Crippen LogP contribution in [0.25, 0.3) is 11.0 Å². The van der Waals surface area contributed by atoms with Crippen molar-refractivity contribution in [3.63, 3.8) is 0 Å². The molecule has 0 aliphatic carbocycles. The number of benzene rings is 1. The fourth-order valence-electron chi connectivity index (χ4n) is 3.31. The van der Waals surface area contributed by atoms with E-state index < -0.39 is 5.60 Å². The number of nitrogens with zero attached hydrogens (tertiary/aromatic N) is 3. The van der Waals surface area contributed by atoms with Crippen molar-refractivity contribution in [2.45, 2.75) is 45.4 Å². The Hall–Kier alpha value is -1.92. The molecule has 1 fully saturated rings. The smallest absolute Gasteiger partial charge is 0.224 e. The molecule has 2 aromatic rings. The Morgan fingerprint density at radius 1 is 1.42 bits per heavy atom. The van der Waals surface area contributed by atoms with Crippen LogP contribution in [0.15, 0.2) is 24.3 Å². The Morgan fingerprint density at radius 3 is 2.88 bits per heavy atom. The number of likely N-dealkylation sites (tertiary alicyclic amines) is 1. The summed E-state index contributed by atoms with van der Waals surface area (Å²) < 4.78 is 1.91. The van der Waals surface area contributed by atoms with Gasteiger partial charge in [0.1, 0.15) is 12.4 Å². The zero-order valence-electron chi connectivity index (χ0n) is 14.3. The number of amides is 1. The molecule has 0 spiro atoms. The van der Waals surface area contributed by atoms with Gasteiger partial charge in [0, 0.05) is 32.0 Å². The average molecular weight is 331 g/mol. The molecule has 0 saturated carbocycles. The van der Waals surface area contributed by atoms with Crippen LogP contribution in [0.2, 0.25) is 0 Å². The zero-order chi connectivity index (χ0) is 17.3. The van der Waals surface area contributed by atoms with Crippen molar-refractivity contribution < 1.29 is 15.0 Å². The van der Waals surface area contributed by atoms with Crippen molar-refractivity contribution in [2.75, 3.05) is 13.1 Å². The molecule has 0 bridgehead atoms. The Balaban J connectivity index is 1.69. The van der Waals surface area contributed by atoms with Gasteiger partial charge in [0.15, 0.2) is 0 Å². The molecule has 1 saturated heterocycles. The minimum absolute atomic E-state index is 0.0669. The Morgan fingerprint density at radius 2 is 2.17 bits per heavy atom. The summed E-state index contributed by atoms with van der Waals surface area (Å²) in [6, 6.07) is 7.69. The predicted octanol–water partition coefficient (Wildman–Crippen LogP) is 1.54. The third-order valence-corrected chi connectivity index (χ3v) is 5.22. The summed E-state index contributed by atoms with van der Waals surface area (Å²) in [4.78, 5) is 18.8. The number of aromatic nitrogens is 2. The van der Waals surface area contributed by atoms with Crippen LogP contribution in [-0.2, 0) is 17.9 Å². The van der Waals surface area contributed by atoms with E-state index in [-0.39, 0.29) is 18.4 Å². The van der Waals surface area contributed by atoms with Gasteiger partial charge in [-0.3, -0.25) is 4.79 Å². The Bertz CT molecular complexity index is 738. The summed E-state index contributed by atoms with van der Waals surface area (Å²) in [5.41, 5.74) is 1.07. The number of fused-ring (bicyclic) bond motifs is 1. The number of aryl methyl sites for hydroxylation is 1. The maximum absolute atomic E-state index is 12.5. The number of piperidine rings is 1. The second-order valence-corrected chi connectivity index (χ2v) is 6.92. The molecule has 0 unspecified atom stereocenters. The van der Waals surface area contributed by atoms with E-state index in [1.807, 2.05) is 47.6 Å². The van der Waals surface area contributed by atoms with Gasteiger partial charge in [-0.1, -0.05) is 19.1 Å². The number of carbonyl (C=O) groups is 1. The molecule has 1 aliphatic rings. The molecule has 2 atom stereocenters. The summed E-state index contributed by atoms with van der Waals surface area (Å²) in [5, 5.41) is 19.8. The summed E-state index contributed by atoms with van der Waals surface area (Å²) in [5.74, 6) is 0.732. The van der Waals surface area contributed by atoms with Crippen LogP contribution in [-0.4, -0.2) is 49.3 Å². The number of imidazole rings is 1. The average Bonchev–Trinajstić information content (AvgIpc) is 2.93. The number of para-hydroxylation sites is 2. The fraction of sp³-hybridized carbons (Fsp3) is 0.556. The van der Waals surface area contributed by atoms with Crippen LogP contribution < -0.4 is 0 Å². The molecule has 1 aliphatic heterocycles. The van der Waals surface area contributed by atoms with E-state index in [0.717, 1.165) is 11.0 Å². The first kappa shape index (κ1) is 16.9. The highest BCUT2D eigenvalue weighted by Gasteiger charge is 2.35. The molecular weight excluding hydrogens is 306 g/mol. The molecule has 130 valence electrons. The molecule has 6 nitrogen and oxygen atoms in total. The van der Waals surface area contributed by atoms with Gasteiger partial charge in [-0.25, -0.2) is 4.98 Å². The van der Waals surface area contributed by atoms with Crippen LogP contribution in [0.5, 0.6) is 0 Å². The molecule has 2 heterocycles. The first-order valence-electron chi connectivity index (χ1n) is 8.47. The standard InChI is InChI=1S/C18H25N3O3/c1-13-11-20(10-8-18(13,2)24)17(23)7-9-21-15-6-4-3-5-14(15)19-16(21)12-22/h3-6,13,22,24H,7-12H2,1-2H3/t13-,18+/m1/s1. The van der Waals surface area contributed by atoms with Crippen LogP contribution in [0.3, 0.4) is 0 Å². The Labute approximate surface area is 141 Å². The van der Waals surface area contributed by atoms with Crippen molar-refractivity contribution in [2.24, 2.45) is 5.92 Å². The van der Waals surface area contributed by atoms with E-state index in [2.05, 4.69) is 4.98 Å². The van der Waals surface area contributed by atoms with Gasteiger partial charge >= 0.3 is 0 Å². The first-order valence-corrected chi connectivity index (χ1v) is 8.47. The normalized spacial score (nSPS) is 24.5. The predicted molar refractivity (Wildman–Crippen MR) is 91.3 cm³/mol. The highest BCUT2D eigenvalue weighted by molar-refractivity contribution is 5.78. The minimum Gasteiger partial charge on any atom is -0.390 e. The van der Waals surface area contributed by atoms with Crippen LogP contribution in [0.4, 0.5) is 0 Å². The first-order chi connectivity index (χ1) is 11.4. The largest absolute Gasteiger partial charge is 0.390 e. The quantitative estimate of drug-likeness (QED) is 0.891. The zero-order valence-corrected chi connectivity index (χ0v) is 14.3. The van der Waals surface area contributed by atoms with Gasteiger partial charge in [0.25, 0.3) is 0 Å². The molecule has 1 aromatic heterocycles. The van der Waals surface area contributed by atoms with E-state index in [0.29, 0.717) is 38.3 Å². The number of aliphatic hydroxyl groups excluding tert-OH is 1. The van der Waals surface area contributed by atoms with Crippen molar-refractivity contribution in [3.8, 4) is 0 Å². The fourth-order valence-corrected chi connectivity index (χ4v) is 3.31. The SMILES string of the molecule is C[C@@H]1CN(C(=O)CCn2c(CO)nc3ccccc32)CC[C@]1(C)O. The molecule has 0 radical (unpaired) electrons. The van der Waals surface area contributed by atoms with E-state index >= 15 is 0 Å². The van der Waals surface area contributed by atoms with Crippen LogP contribution in [0, 0.1) is 5.92 Å². The van der Waals surface area contributed by atoms with Gasteiger partial charge in [-0.15, -0.1) is 0 Å². The highest BCUT2D eigenvalue weighted by atomic mass is 16.3. The minimum atomic E-state index is -0.693. The summed E-state index contributed by atoms with van der Waals surface area (Å²) in [6.07, 6.45) is 0.970. The van der Waals surface area contributed by atoms with Crippen molar-refractivity contribution in [1.29, 1.82) is 0 Å². The number of aliphatic hydroxyl groups is 2. The highest BCUT2D eigenvalue weighted by Crippen LogP contribution is 2.27. The maximum atomic E-state index is 12.5. The van der Waals surface area contributed by atoms with Crippen molar-refractivity contribution in [3.05, 3.63) is 30.1 Å².